The third kappa shape index (κ3) is 3.49. The normalized spacial score (nSPS) is 12.6. The number of phenolic OH excluding ortho intramolecular Hbond substituents is 1. The van der Waals surface area contributed by atoms with Crippen LogP contribution in [0.4, 0.5) is 0 Å². The third-order valence-corrected chi connectivity index (χ3v) is 4.99. The Bertz CT molecular complexity index is 733. The predicted octanol–water partition coefficient (Wildman–Crippen LogP) is 4.89. The second kappa shape index (κ2) is 6.95. The Hall–Kier alpha value is -1.84. The highest BCUT2D eigenvalue weighted by Crippen LogP contribution is 2.29. The highest BCUT2D eigenvalue weighted by molar-refractivity contribution is 7.17. The standard InChI is InChI=1S/C19H21NOS/c1-14(18-13-22-19-7-3-2-6-17(18)19)20-12-4-5-15-8-10-16(21)11-9-15/h2-3,6-11,13-14,20-21H,4-5,12H2,1H3. The number of hydrogen-bond acceptors (Lipinski definition) is 3. The molecule has 3 aromatic rings. The highest BCUT2D eigenvalue weighted by atomic mass is 32.1. The lowest BCUT2D eigenvalue weighted by molar-refractivity contribution is 0.475. The summed E-state index contributed by atoms with van der Waals surface area (Å²) in [5, 5.41) is 16.5. The SMILES string of the molecule is CC(NCCCc1ccc(O)cc1)c1csc2ccccc12. The maximum Gasteiger partial charge on any atom is 0.115 e. The first-order valence-corrected chi connectivity index (χ1v) is 8.59. The summed E-state index contributed by atoms with van der Waals surface area (Å²) in [7, 11) is 0. The Morgan fingerprint density at radius 1 is 1.09 bits per heavy atom. The van der Waals surface area contributed by atoms with Crippen LogP contribution in [0.15, 0.2) is 53.9 Å². The molecule has 2 N–H and O–H groups in total. The fourth-order valence-electron chi connectivity index (χ4n) is 2.72. The van der Waals surface area contributed by atoms with Crippen LogP contribution >= 0.6 is 11.3 Å². The topological polar surface area (TPSA) is 32.3 Å². The van der Waals surface area contributed by atoms with Crippen molar-refractivity contribution in [2.75, 3.05) is 6.54 Å². The van der Waals surface area contributed by atoms with Gasteiger partial charge >= 0.3 is 0 Å². The number of aromatic hydroxyl groups is 1. The van der Waals surface area contributed by atoms with E-state index in [1.807, 2.05) is 23.5 Å². The largest absolute Gasteiger partial charge is 0.508 e. The van der Waals surface area contributed by atoms with E-state index in [0.29, 0.717) is 11.8 Å². The van der Waals surface area contributed by atoms with E-state index in [1.165, 1.54) is 21.2 Å². The van der Waals surface area contributed by atoms with Gasteiger partial charge in [0.25, 0.3) is 0 Å². The molecule has 1 heterocycles. The summed E-state index contributed by atoms with van der Waals surface area (Å²) in [5.74, 6) is 0.333. The molecule has 0 fully saturated rings. The highest BCUT2D eigenvalue weighted by Gasteiger charge is 2.10. The van der Waals surface area contributed by atoms with Crippen LogP contribution in [0, 0.1) is 0 Å². The van der Waals surface area contributed by atoms with Crippen molar-refractivity contribution in [1.29, 1.82) is 0 Å². The van der Waals surface area contributed by atoms with E-state index in [1.54, 1.807) is 12.1 Å². The van der Waals surface area contributed by atoms with Crippen molar-refractivity contribution in [2.45, 2.75) is 25.8 Å². The van der Waals surface area contributed by atoms with Gasteiger partial charge in [0.1, 0.15) is 5.75 Å². The summed E-state index contributed by atoms with van der Waals surface area (Å²) in [5.41, 5.74) is 2.67. The van der Waals surface area contributed by atoms with Crippen molar-refractivity contribution >= 4 is 21.4 Å². The molecule has 0 aliphatic carbocycles. The Kier molecular flexibility index (Phi) is 4.76. The van der Waals surface area contributed by atoms with Gasteiger partial charge in [0.15, 0.2) is 0 Å². The summed E-state index contributed by atoms with van der Waals surface area (Å²) < 4.78 is 1.36. The van der Waals surface area contributed by atoms with Crippen molar-refractivity contribution in [2.24, 2.45) is 0 Å². The summed E-state index contributed by atoms with van der Waals surface area (Å²) >= 11 is 1.82. The molecule has 22 heavy (non-hydrogen) atoms. The molecule has 0 aliphatic rings. The average molecular weight is 311 g/mol. The van der Waals surface area contributed by atoms with Crippen molar-refractivity contribution in [3.8, 4) is 5.75 Å². The number of benzene rings is 2. The molecule has 0 amide bonds. The second-order valence-corrected chi connectivity index (χ2v) is 6.54. The molecule has 0 saturated heterocycles. The van der Waals surface area contributed by atoms with E-state index in [2.05, 4.69) is 41.9 Å². The monoisotopic (exact) mass is 311 g/mol. The lowest BCUT2D eigenvalue weighted by Gasteiger charge is -2.13. The number of nitrogens with one attached hydrogen (secondary N) is 1. The first kappa shape index (κ1) is 15.1. The molecule has 2 nitrogen and oxygen atoms in total. The summed E-state index contributed by atoms with van der Waals surface area (Å²) in [6.45, 7) is 3.22. The van der Waals surface area contributed by atoms with Crippen molar-refractivity contribution in [3.05, 3.63) is 65.0 Å². The van der Waals surface area contributed by atoms with Gasteiger partial charge in [0.05, 0.1) is 0 Å². The molecule has 0 spiro atoms. The summed E-state index contributed by atoms with van der Waals surface area (Å²) in [6.07, 6.45) is 2.13. The molecule has 0 bridgehead atoms. The van der Waals surface area contributed by atoms with E-state index in [9.17, 15) is 5.11 Å². The zero-order chi connectivity index (χ0) is 15.4. The molecule has 0 aliphatic heterocycles. The van der Waals surface area contributed by atoms with E-state index in [4.69, 9.17) is 0 Å². The Morgan fingerprint density at radius 3 is 2.68 bits per heavy atom. The van der Waals surface area contributed by atoms with Gasteiger partial charge in [0.2, 0.25) is 0 Å². The number of thiophene rings is 1. The molecule has 1 aromatic heterocycles. The van der Waals surface area contributed by atoms with Crippen LogP contribution in [-0.2, 0) is 6.42 Å². The molecule has 0 saturated carbocycles. The molecule has 114 valence electrons. The maximum atomic E-state index is 9.28. The quantitative estimate of drug-likeness (QED) is 0.635. The zero-order valence-corrected chi connectivity index (χ0v) is 13.6. The van der Waals surface area contributed by atoms with Gasteiger partial charge in [-0.1, -0.05) is 30.3 Å². The second-order valence-electron chi connectivity index (χ2n) is 5.63. The number of hydrogen-bond donors (Lipinski definition) is 2. The van der Waals surface area contributed by atoms with Gasteiger partial charge in [-0.25, -0.2) is 0 Å². The molecular weight excluding hydrogens is 290 g/mol. The van der Waals surface area contributed by atoms with Crippen LogP contribution in [0.3, 0.4) is 0 Å². The van der Waals surface area contributed by atoms with Crippen LogP contribution < -0.4 is 5.32 Å². The van der Waals surface area contributed by atoms with Crippen LogP contribution in [0.2, 0.25) is 0 Å². The molecule has 3 heteroatoms. The Balaban J connectivity index is 1.52. The Morgan fingerprint density at radius 2 is 1.86 bits per heavy atom. The molecule has 2 aromatic carbocycles. The average Bonchev–Trinajstić information content (AvgIpc) is 2.97. The van der Waals surface area contributed by atoms with Gasteiger partial charge in [-0.05, 0) is 66.4 Å². The molecular formula is C19H21NOS. The minimum Gasteiger partial charge on any atom is -0.508 e. The number of fused-ring (bicyclic) bond motifs is 1. The molecule has 0 radical (unpaired) electrons. The number of aryl methyl sites for hydroxylation is 1. The minimum absolute atomic E-state index is 0.333. The minimum atomic E-state index is 0.333. The first-order chi connectivity index (χ1) is 10.7. The van der Waals surface area contributed by atoms with Crippen molar-refractivity contribution in [3.63, 3.8) is 0 Å². The van der Waals surface area contributed by atoms with Crippen LogP contribution in [-0.4, -0.2) is 11.7 Å². The van der Waals surface area contributed by atoms with E-state index in [-0.39, 0.29) is 0 Å². The summed E-state index contributed by atoms with van der Waals surface area (Å²) in [4.78, 5) is 0. The van der Waals surface area contributed by atoms with E-state index < -0.39 is 0 Å². The Labute approximate surface area is 135 Å². The number of rotatable bonds is 6. The number of phenols is 1. The van der Waals surface area contributed by atoms with Gasteiger partial charge < -0.3 is 10.4 Å². The summed E-state index contributed by atoms with van der Waals surface area (Å²) in [6, 6.07) is 16.4. The molecule has 1 atom stereocenters. The zero-order valence-electron chi connectivity index (χ0n) is 12.8. The van der Waals surface area contributed by atoms with Gasteiger partial charge in [0, 0.05) is 10.7 Å². The van der Waals surface area contributed by atoms with Gasteiger partial charge in [-0.15, -0.1) is 11.3 Å². The molecule has 3 rings (SSSR count). The lowest BCUT2D eigenvalue weighted by Crippen LogP contribution is -2.20. The first-order valence-electron chi connectivity index (χ1n) is 7.71. The van der Waals surface area contributed by atoms with Gasteiger partial charge in [-0.2, -0.15) is 0 Å². The van der Waals surface area contributed by atoms with Crippen LogP contribution in [0.25, 0.3) is 10.1 Å². The predicted molar refractivity (Wildman–Crippen MR) is 94.7 cm³/mol. The lowest BCUT2D eigenvalue weighted by atomic mass is 10.1. The van der Waals surface area contributed by atoms with Crippen LogP contribution in [0.1, 0.15) is 30.5 Å². The fraction of sp³-hybridized carbons (Fsp3) is 0.263. The van der Waals surface area contributed by atoms with Crippen molar-refractivity contribution < 1.29 is 5.11 Å². The fourth-order valence-corrected chi connectivity index (χ4v) is 3.77. The van der Waals surface area contributed by atoms with E-state index >= 15 is 0 Å². The smallest absolute Gasteiger partial charge is 0.115 e. The maximum absolute atomic E-state index is 9.28. The third-order valence-electron chi connectivity index (χ3n) is 4.01. The van der Waals surface area contributed by atoms with Crippen LogP contribution in [0.5, 0.6) is 5.75 Å². The van der Waals surface area contributed by atoms with E-state index in [0.717, 1.165) is 19.4 Å². The molecule has 1 unspecified atom stereocenters. The van der Waals surface area contributed by atoms with Crippen molar-refractivity contribution in [1.82, 2.24) is 5.32 Å². The van der Waals surface area contributed by atoms with Gasteiger partial charge in [-0.3, -0.25) is 0 Å².